The fourth-order valence-corrected chi connectivity index (χ4v) is 5.75. The highest BCUT2D eigenvalue weighted by molar-refractivity contribution is 9.10. The minimum atomic E-state index is -3.24. The molecule has 0 amide bonds. The summed E-state index contributed by atoms with van der Waals surface area (Å²) in [7, 11) is -3.24. The highest BCUT2D eigenvalue weighted by atomic mass is 79.9. The summed E-state index contributed by atoms with van der Waals surface area (Å²) in [4.78, 5) is 24.5. The first-order valence-corrected chi connectivity index (χ1v) is 8.05. The molecule has 19 heavy (non-hydrogen) atoms. The first kappa shape index (κ1) is 15.1. The second-order valence-corrected chi connectivity index (χ2v) is 7.70. The molecular formula is C12H17BrO5S. The lowest BCUT2D eigenvalue weighted by molar-refractivity contribution is -0.149. The van der Waals surface area contributed by atoms with Crippen LogP contribution in [0.25, 0.3) is 0 Å². The Kier molecular flexibility index (Phi) is 3.47. The van der Waals surface area contributed by atoms with Crippen LogP contribution in [0.3, 0.4) is 0 Å². The normalized spacial score (nSPS) is 35.6. The van der Waals surface area contributed by atoms with Crippen LogP contribution in [-0.4, -0.2) is 24.5 Å². The Labute approximate surface area is 122 Å². The molecule has 108 valence electrons. The van der Waals surface area contributed by atoms with Gasteiger partial charge in [-0.1, -0.05) is 13.8 Å². The third-order valence-corrected chi connectivity index (χ3v) is 7.17. The molecule has 2 rings (SSSR count). The van der Waals surface area contributed by atoms with Crippen LogP contribution in [0.5, 0.6) is 0 Å². The lowest BCUT2D eigenvalue weighted by atomic mass is 9.64. The lowest BCUT2D eigenvalue weighted by Crippen LogP contribution is -2.57. The number of alkyl halides is 1. The predicted octanol–water partition coefficient (Wildman–Crippen LogP) is 1.60. The van der Waals surface area contributed by atoms with Gasteiger partial charge in [-0.2, -0.15) is 0 Å². The van der Waals surface area contributed by atoms with E-state index in [9.17, 15) is 18.0 Å². The van der Waals surface area contributed by atoms with Gasteiger partial charge >= 0.3 is 0 Å². The molecule has 2 aliphatic rings. The predicted molar refractivity (Wildman–Crippen MR) is 72.3 cm³/mol. The zero-order valence-electron chi connectivity index (χ0n) is 11.1. The van der Waals surface area contributed by atoms with Gasteiger partial charge in [0.25, 0.3) is 11.0 Å². The largest absolute Gasteiger partial charge is 0.299 e. The van der Waals surface area contributed by atoms with Crippen molar-refractivity contribution < 1.29 is 22.2 Å². The van der Waals surface area contributed by atoms with Gasteiger partial charge in [0.1, 0.15) is 5.78 Å². The average molecular weight is 353 g/mol. The second-order valence-electron chi connectivity index (χ2n) is 5.96. The number of ketones is 2. The zero-order valence-corrected chi connectivity index (χ0v) is 13.5. The van der Waals surface area contributed by atoms with Gasteiger partial charge in [-0.25, -0.2) is 12.6 Å². The van der Waals surface area contributed by atoms with Crippen molar-refractivity contribution in [2.45, 2.75) is 44.5 Å². The van der Waals surface area contributed by atoms with Crippen LogP contribution in [0.1, 0.15) is 40.0 Å². The molecule has 0 spiro atoms. The van der Waals surface area contributed by atoms with Crippen molar-refractivity contribution in [2.75, 3.05) is 0 Å². The van der Waals surface area contributed by atoms with Crippen LogP contribution in [0, 0.1) is 16.7 Å². The van der Waals surface area contributed by atoms with Crippen molar-refractivity contribution in [3.63, 3.8) is 0 Å². The molecule has 0 radical (unpaired) electrons. The van der Waals surface area contributed by atoms with E-state index in [1.165, 1.54) is 6.92 Å². The Hall–Kier alpha value is -0.270. The molecule has 5 nitrogen and oxygen atoms in total. The molecule has 7 heteroatoms. The summed E-state index contributed by atoms with van der Waals surface area (Å²) in [5.41, 5.74) is -1.57. The molecule has 3 atom stereocenters. The molecule has 2 bridgehead atoms. The number of fused-ring (bicyclic) bond motifs is 2. The Morgan fingerprint density at radius 1 is 1.47 bits per heavy atom. The van der Waals surface area contributed by atoms with Gasteiger partial charge < -0.3 is 0 Å². The molecule has 2 aliphatic carbocycles. The summed E-state index contributed by atoms with van der Waals surface area (Å²) in [6.45, 7) is 5.07. The topological polar surface area (TPSA) is 77.5 Å². The quantitative estimate of drug-likeness (QED) is 0.614. The maximum atomic E-state index is 12.4. The second kappa shape index (κ2) is 4.36. The van der Waals surface area contributed by atoms with E-state index >= 15 is 0 Å². The Morgan fingerprint density at radius 2 is 2.05 bits per heavy atom. The SMILES string of the molecule is CC(=O)C(Br)(O[SH](=O)=O)C12CCC(CC1=O)C2(C)C. The fraction of sp³-hybridized carbons (Fsp3) is 0.833. The number of carbonyl (C=O) groups is 2. The Morgan fingerprint density at radius 3 is 2.37 bits per heavy atom. The number of thiol groups is 1. The van der Waals surface area contributed by atoms with E-state index in [4.69, 9.17) is 4.18 Å². The van der Waals surface area contributed by atoms with Crippen LogP contribution in [0.2, 0.25) is 0 Å². The van der Waals surface area contributed by atoms with Crippen molar-refractivity contribution in [1.82, 2.24) is 0 Å². The molecular weight excluding hydrogens is 336 g/mol. The minimum absolute atomic E-state index is 0.0855. The standard InChI is InChI=1S/C12H17BrO5S/c1-7(14)12(13,18-19(16)17)11-5-4-8(6-9(11)15)10(11,2)3/h8,19H,4-6H2,1-3H3. The third kappa shape index (κ3) is 1.70. The first-order chi connectivity index (χ1) is 8.59. The Balaban J connectivity index is 2.64. The highest BCUT2D eigenvalue weighted by Gasteiger charge is 2.74. The molecule has 0 aromatic rings. The van der Waals surface area contributed by atoms with Crippen molar-refractivity contribution in [3.8, 4) is 0 Å². The van der Waals surface area contributed by atoms with Crippen molar-refractivity contribution in [3.05, 3.63) is 0 Å². The summed E-state index contributed by atoms with van der Waals surface area (Å²) >= 11 is 3.16. The van der Waals surface area contributed by atoms with Crippen LogP contribution in [-0.2, 0) is 24.8 Å². The monoisotopic (exact) mass is 352 g/mol. The van der Waals surface area contributed by atoms with E-state index in [1.54, 1.807) is 0 Å². The van der Waals surface area contributed by atoms with Crippen molar-refractivity contribution >= 4 is 38.5 Å². The van der Waals surface area contributed by atoms with Crippen LogP contribution < -0.4 is 0 Å². The van der Waals surface area contributed by atoms with E-state index in [0.717, 1.165) is 6.42 Å². The molecule has 0 aliphatic heterocycles. The van der Waals surface area contributed by atoms with Gasteiger partial charge in [-0.3, -0.25) is 9.59 Å². The first-order valence-electron chi connectivity index (χ1n) is 6.16. The summed E-state index contributed by atoms with van der Waals surface area (Å²) in [5.74, 6) is -0.405. The van der Waals surface area contributed by atoms with E-state index in [1.807, 2.05) is 13.8 Å². The summed E-state index contributed by atoms with van der Waals surface area (Å²) in [6, 6.07) is 0. The number of carbonyl (C=O) groups excluding carboxylic acids is 2. The highest BCUT2D eigenvalue weighted by Crippen LogP contribution is 2.70. The third-order valence-electron chi connectivity index (χ3n) is 5.10. The van der Waals surface area contributed by atoms with Crippen LogP contribution in [0.15, 0.2) is 0 Å². The number of Topliss-reactive ketones (excluding diaryl/α,β-unsaturated/α-hetero) is 2. The van der Waals surface area contributed by atoms with E-state index in [0.29, 0.717) is 12.8 Å². The molecule has 0 aromatic carbocycles. The van der Waals surface area contributed by atoms with Gasteiger partial charge in [0.15, 0.2) is 5.78 Å². The molecule has 3 unspecified atom stereocenters. The van der Waals surface area contributed by atoms with Crippen LogP contribution in [0.4, 0.5) is 0 Å². The van der Waals surface area contributed by atoms with Crippen molar-refractivity contribution in [1.29, 1.82) is 0 Å². The van der Waals surface area contributed by atoms with Gasteiger partial charge in [0.05, 0.1) is 5.41 Å². The fourth-order valence-electron chi connectivity index (χ4n) is 3.98. The zero-order chi connectivity index (χ0) is 14.6. The maximum Gasteiger partial charge on any atom is 0.258 e. The van der Waals surface area contributed by atoms with Gasteiger partial charge in [0.2, 0.25) is 4.51 Å². The average Bonchev–Trinajstić information content (AvgIpc) is 2.61. The van der Waals surface area contributed by atoms with Gasteiger partial charge in [0, 0.05) is 6.42 Å². The van der Waals surface area contributed by atoms with E-state index in [2.05, 4.69) is 15.9 Å². The van der Waals surface area contributed by atoms with E-state index < -0.39 is 32.1 Å². The maximum absolute atomic E-state index is 12.4. The number of halogens is 1. The lowest BCUT2D eigenvalue weighted by Gasteiger charge is -2.45. The van der Waals surface area contributed by atoms with Crippen LogP contribution >= 0.6 is 15.9 Å². The summed E-state index contributed by atoms with van der Waals surface area (Å²) in [5, 5.41) is 0. The smallest absolute Gasteiger partial charge is 0.258 e. The minimum Gasteiger partial charge on any atom is -0.299 e. The molecule has 2 saturated carbocycles. The van der Waals surface area contributed by atoms with E-state index in [-0.39, 0.29) is 11.7 Å². The van der Waals surface area contributed by atoms with Crippen molar-refractivity contribution in [2.24, 2.45) is 16.7 Å². The molecule has 0 N–H and O–H groups in total. The van der Waals surface area contributed by atoms with Gasteiger partial charge in [-0.05, 0) is 47.0 Å². The molecule has 0 aromatic heterocycles. The number of rotatable bonds is 4. The summed E-state index contributed by atoms with van der Waals surface area (Å²) in [6.07, 6.45) is 1.66. The molecule has 0 heterocycles. The Bertz CT molecular complexity index is 518. The summed E-state index contributed by atoms with van der Waals surface area (Å²) < 4.78 is 25.1. The molecule has 0 saturated heterocycles. The van der Waals surface area contributed by atoms with Gasteiger partial charge in [-0.15, -0.1) is 0 Å². The molecule has 2 fully saturated rings. The number of hydrogen-bond donors (Lipinski definition) is 1. The number of hydrogen-bond acceptors (Lipinski definition) is 5.